The third kappa shape index (κ3) is 14.2. The van der Waals surface area contributed by atoms with Crippen LogP contribution in [0.4, 0.5) is 11.9 Å². The minimum Gasteiger partial charge on any atom is -0.497 e. The van der Waals surface area contributed by atoms with Crippen LogP contribution in [-0.2, 0) is 48.6 Å². The number of anilines is 2. The van der Waals surface area contributed by atoms with Crippen LogP contribution in [0.5, 0.6) is 23.0 Å². The number of nitrogens with one attached hydrogen (secondary N) is 4. The van der Waals surface area contributed by atoms with Crippen molar-refractivity contribution in [3.05, 3.63) is 224 Å². The van der Waals surface area contributed by atoms with Gasteiger partial charge in [-0.05, 0) is 93.0 Å². The normalized spacial score (nSPS) is 18.1. The quantitative estimate of drug-likeness (QED) is 0.0262. The van der Waals surface area contributed by atoms with Gasteiger partial charge in [-0.15, -0.1) is 0 Å². The zero-order valence-electron chi connectivity index (χ0n) is 58.7. The Kier molecular flexibility index (Phi) is 21.2. The van der Waals surface area contributed by atoms with E-state index in [-0.39, 0.29) is 83.2 Å². The van der Waals surface area contributed by atoms with E-state index in [9.17, 15) is 19.2 Å². The predicted octanol–water partition coefficient (Wildman–Crippen LogP) is 12.1. The lowest BCUT2D eigenvalue weighted by Gasteiger charge is -2.43. The van der Waals surface area contributed by atoms with Crippen LogP contribution in [0.3, 0.4) is 0 Å². The molecular formula is C76H86N10O14Si. The Labute approximate surface area is 586 Å². The largest absolute Gasteiger partial charge is 0.497 e. The third-order valence-electron chi connectivity index (χ3n) is 18.9. The molecule has 2 amide bonds. The molecule has 6 atom stereocenters. The summed E-state index contributed by atoms with van der Waals surface area (Å²) in [5.74, 6) is 1.01. The van der Waals surface area contributed by atoms with E-state index in [0.29, 0.717) is 23.0 Å². The Morgan fingerprint density at radius 3 is 1.08 bits per heavy atom. The SMILES string of the molecule is COc1ccc(C(OC[C@@H]2O[C@H](n3cnc4c(=O)[nH]c(NC(=O)C(C)C)nc43)C[C@H]2O[Si](O[C@H]2C[C@H](n3cnc4c(=O)[nH]c(NC(=O)C(C)C)nc43)O[C@@H]2COC(c2ccccc2)(c2ccc(OC)cc2)c2ccc(OC)cc2)(C(C)C)C(C)C)(c2ccccc2)c2ccc(OC)cc2)cc1. The number of aromatic nitrogens is 8. The van der Waals surface area contributed by atoms with E-state index >= 15 is 0 Å². The van der Waals surface area contributed by atoms with Crippen molar-refractivity contribution < 1.29 is 56.3 Å². The van der Waals surface area contributed by atoms with Crippen molar-refractivity contribution in [3.8, 4) is 23.0 Å². The number of carbonyl (C=O) groups excluding carboxylic acids is 2. The molecule has 6 heterocycles. The van der Waals surface area contributed by atoms with Crippen LogP contribution < -0.4 is 40.7 Å². The smallest absolute Gasteiger partial charge is 0.344 e. The molecule has 2 fully saturated rings. The number of carbonyl (C=O) groups is 2. The zero-order valence-corrected chi connectivity index (χ0v) is 59.7. The van der Waals surface area contributed by atoms with Gasteiger partial charge in [-0.3, -0.25) is 48.9 Å². The summed E-state index contributed by atoms with van der Waals surface area (Å²) >= 11 is 0. The fourth-order valence-electron chi connectivity index (χ4n) is 13.5. The second kappa shape index (κ2) is 30.1. The van der Waals surface area contributed by atoms with Gasteiger partial charge in [0.2, 0.25) is 23.7 Å². The molecule has 6 aromatic carbocycles. The Morgan fingerprint density at radius 1 is 0.485 bits per heavy atom. The average molecular weight is 1390 g/mol. The first kappa shape index (κ1) is 71.0. The first-order chi connectivity index (χ1) is 48.7. The van der Waals surface area contributed by atoms with Crippen molar-refractivity contribution in [2.24, 2.45) is 11.8 Å². The Hall–Kier alpha value is -9.86. The Morgan fingerprint density at radius 2 is 0.792 bits per heavy atom. The maximum Gasteiger partial charge on any atom is 0.344 e. The lowest BCUT2D eigenvalue weighted by molar-refractivity contribution is -0.119. The Bertz CT molecular complexity index is 4220. The molecule has 2 aliphatic rings. The number of hydrogen-bond acceptors (Lipinski definition) is 18. The highest BCUT2D eigenvalue weighted by atomic mass is 28.4. The van der Waals surface area contributed by atoms with Crippen LogP contribution in [0.1, 0.15) is 114 Å². The second-order valence-corrected chi connectivity index (χ2v) is 30.7. The highest BCUT2D eigenvalue weighted by Crippen LogP contribution is 2.49. The lowest BCUT2D eigenvalue weighted by atomic mass is 9.80. The average Bonchev–Trinajstić information content (AvgIpc) is 0.872. The summed E-state index contributed by atoms with van der Waals surface area (Å²) in [6.07, 6.45) is -1.69. The molecule has 12 rings (SSSR count). The monoisotopic (exact) mass is 1390 g/mol. The molecule has 4 aromatic heterocycles. The van der Waals surface area contributed by atoms with E-state index in [4.69, 9.17) is 56.7 Å². The van der Waals surface area contributed by atoms with Gasteiger partial charge in [-0.2, -0.15) is 9.97 Å². The number of fused-ring (bicyclic) bond motifs is 2. The van der Waals surface area contributed by atoms with Crippen molar-refractivity contribution in [2.75, 3.05) is 52.3 Å². The maximum atomic E-state index is 13.9. The minimum absolute atomic E-state index is 0.0353. The summed E-state index contributed by atoms with van der Waals surface area (Å²) in [4.78, 5) is 78.0. The number of H-pyrrole nitrogens is 2. The molecule has 2 saturated heterocycles. The second-order valence-electron chi connectivity index (χ2n) is 26.5. The van der Waals surface area contributed by atoms with E-state index in [2.05, 4.69) is 58.3 Å². The third-order valence-corrected chi connectivity index (χ3v) is 23.5. The number of nitrogens with zero attached hydrogens (tertiary/aromatic N) is 6. The standard InChI is InChI=1S/C76H86N10O14Si/c1-45(2)69(87)81-73-79-67-65(71(89)83-73)77-43-85(67)63-39-59(61(97-63)41-95-75(49-19-15-13-16-20-49,51-23-31-55(91-9)32-24-51)52-25-33-56(92-10)34-26-52)99-101(47(5)6,48(7)8)100-60-40-64(86-44-78-66-68(86)80-74(84-72(66)90)82-70(88)46(3)4)98-62(60)42-96-76(50-21-17-14-18-22-50,53-27-35-57(93-11)36-28-53)54-29-37-58(94-12)38-30-54/h13-38,43-48,59-64H,39-42H2,1-12H3,(H2,79,81,83,87,89)(H2,80,82,84,88,90)/t59-,60+,61+,62-,63+,64-. The van der Waals surface area contributed by atoms with Gasteiger partial charge in [-0.1, -0.05) is 165 Å². The van der Waals surface area contributed by atoms with Gasteiger partial charge in [0.15, 0.2) is 22.3 Å². The minimum atomic E-state index is -3.78. The summed E-state index contributed by atoms with van der Waals surface area (Å²) in [6.45, 7) is 15.2. The number of amides is 2. The van der Waals surface area contributed by atoms with Gasteiger partial charge in [0.1, 0.15) is 58.9 Å². The molecule has 0 aliphatic carbocycles. The fraction of sp³-hybridized carbons (Fsp3) is 0.368. The van der Waals surface area contributed by atoms with Crippen molar-refractivity contribution >= 4 is 54.6 Å². The molecule has 528 valence electrons. The number of imidazole rings is 2. The maximum absolute atomic E-state index is 13.9. The fourth-order valence-corrected chi connectivity index (χ4v) is 17.4. The van der Waals surface area contributed by atoms with E-state index in [1.807, 2.05) is 158 Å². The van der Waals surface area contributed by atoms with Crippen LogP contribution in [0.25, 0.3) is 22.3 Å². The highest BCUT2D eigenvalue weighted by Gasteiger charge is 2.55. The molecule has 24 nitrogen and oxygen atoms in total. The molecule has 0 spiro atoms. The number of ether oxygens (including phenoxy) is 8. The molecule has 101 heavy (non-hydrogen) atoms. The molecule has 4 N–H and O–H groups in total. The Balaban J connectivity index is 0.984. The van der Waals surface area contributed by atoms with Crippen LogP contribution >= 0.6 is 0 Å². The molecule has 0 unspecified atom stereocenters. The lowest BCUT2D eigenvalue weighted by Crippen LogP contribution is -2.55. The number of methoxy groups -OCH3 is 4. The molecule has 25 heteroatoms. The van der Waals surface area contributed by atoms with Gasteiger partial charge in [0.05, 0.1) is 66.5 Å². The molecule has 0 bridgehead atoms. The van der Waals surface area contributed by atoms with Crippen LogP contribution in [0, 0.1) is 11.8 Å². The van der Waals surface area contributed by atoms with Crippen LogP contribution in [-0.4, -0.2) is 125 Å². The van der Waals surface area contributed by atoms with E-state index < -0.39 is 79.6 Å². The number of hydrogen-bond donors (Lipinski definition) is 4. The number of aromatic amines is 2. The van der Waals surface area contributed by atoms with E-state index in [1.165, 1.54) is 12.7 Å². The molecule has 0 saturated carbocycles. The van der Waals surface area contributed by atoms with Crippen LogP contribution in [0.2, 0.25) is 11.1 Å². The molecule has 2 aliphatic heterocycles. The van der Waals surface area contributed by atoms with Crippen molar-refractivity contribution in [2.45, 2.75) is 127 Å². The summed E-state index contributed by atoms with van der Waals surface area (Å²) in [5, 5.41) is 5.50. The first-order valence-electron chi connectivity index (χ1n) is 33.9. The number of rotatable bonds is 28. The summed E-state index contributed by atoms with van der Waals surface area (Å²) in [6, 6.07) is 51.0. The molecular weight excluding hydrogens is 1300 g/mol. The number of benzene rings is 6. The first-order valence-corrected chi connectivity index (χ1v) is 35.9. The molecule has 10 aromatic rings. The predicted molar refractivity (Wildman–Crippen MR) is 383 cm³/mol. The van der Waals surface area contributed by atoms with Crippen LogP contribution in [0.15, 0.2) is 180 Å². The van der Waals surface area contributed by atoms with Crippen molar-refractivity contribution in [1.82, 2.24) is 39.0 Å². The van der Waals surface area contributed by atoms with Gasteiger partial charge in [-0.25, -0.2) is 9.97 Å². The van der Waals surface area contributed by atoms with E-state index in [0.717, 1.165) is 33.4 Å². The van der Waals surface area contributed by atoms with Gasteiger partial charge < -0.3 is 46.7 Å². The highest BCUT2D eigenvalue weighted by molar-refractivity contribution is 6.70. The summed E-state index contributed by atoms with van der Waals surface area (Å²) in [7, 11) is 2.71. The zero-order chi connectivity index (χ0) is 71.3. The van der Waals surface area contributed by atoms with E-state index in [1.54, 1.807) is 65.3 Å². The topological polar surface area (TPSA) is 278 Å². The van der Waals surface area contributed by atoms with Gasteiger partial charge in [0, 0.05) is 24.7 Å². The van der Waals surface area contributed by atoms with Crippen molar-refractivity contribution in [3.63, 3.8) is 0 Å². The summed E-state index contributed by atoms with van der Waals surface area (Å²) < 4.78 is 72.1. The van der Waals surface area contributed by atoms with Gasteiger partial charge >= 0.3 is 8.56 Å². The molecule has 0 radical (unpaired) electrons. The summed E-state index contributed by atoms with van der Waals surface area (Å²) in [5.41, 5.74) is 0.989. The van der Waals surface area contributed by atoms with Gasteiger partial charge in [0.25, 0.3) is 11.1 Å². The van der Waals surface area contributed by atoms with Crippen molar-refractivity contribution in [1.29, 1.82) is 0 Å².